The van der Waals surface area contributed by atoms with Crippen LogP contribution in [0.15, 0.2) is 34.9 Å². The summed E-state index contributed by atoms with van der Waals surface area (Å²) in [7, 11) is 0. The third kappa shape index (κ3) is 4.47. The fourth-order valence-electron chi connectivity index (χ4n) is 3.19. The molecule has 0 saturated heterocycles. The fourth-order valence-corrected chi connectivity index (χ4v) is 4.65. The summed E-state index contributed by atoms with van der Waals surface area (Å²) in [5.74, 6) is 7.63. The summed E-state index contributed by atoms with van der Waals surface area (Å²) >= 11 is 14.3. The van der Waals surface area contributed by atoms with Gasteiger partial charge in [-0.2, -0.15) is 10.1 Å². The number of aromatic nitrogens is 4. The van der Waals surface area contributed by atoms with Gasteiger partial charge in [0.1, 0.15) is 0 Å². The molecule has 0 amide bonds. The van der Waals surface area contributed by atoms with Crippen LogP contribution in [-0.2, 0) is 0 Å². The third-order valence-electron chi connectivity index (χ3n) is 4.85. The predicted octanol–water partition coefficient (Wildman–Crippen LogP) is 7.54. The van der Waals surface area contributed by atoms with Gasteiger partial charge in [-0.05, 0) is 43.7 Å². The van der Waals surface area contributed by atoms with E-state index in [-0.39, 0.29) is 5.92 Å². The second-order valence-electron chi connectivity index (χ2n) is 7.66. The van der Waals surface area contributed by atoms with Gasteiger partial charge in [-0.25, -0.2) is 4.68 Å². The van der Waals surface area contributed by atoms with E-state index in [1.807, 2.05) is 37.6 Å². The van der Waals surface area contributed by atoms with Crippen molar-refractivity contribution in [2.75, 3.05) is 0 Å². The zero-order chi connectivity index (χ0) is 22.8. The molecule has 5 nitrogen and oxygen atoms in total. The molecule has 0 aliphatic rings. The van der Waals surface area contributed by atoms with Gasteiger partial charge >= 0.3 is 0 Å². The first-order valence-corrected chi connectivity index (χ1v) is 11.9. The summed E-state index contributed by atoms with van der Waals surface area (Å²) in [6.07, 6.45) is 1.92. The van der Waals surface area contributed by atoms with Gasteiger partial charge in [-0.15, -0.1) is 11.3 Å². The Morgan fingerprint density at radius 2 is 2.00 bits per heavy atom. The van der Waals surface area contributed by atoms with Gasteiger partial charge < -0.3 is 4.52 Å². The number of hydrogen-bond acceptors (Lipinski definition) is 5. The number of hydrogen-bond donors (Lipinski definition) is 0. The summed E-state index contributed by atoms with van der Waals surface area (Å²) in [6, 6.07) is 9.45. The van der Waals surface area contributed by atoms with Crippen molar-refractivity contribution in [1.82, 2.24) is 19.9 Å². The zero-order valence-electron chi connectivity index (χ0n) is 18.2. The normalized spacial score (nSPS) is 11.1. The average molecular weight is 485 g/mol. The summed E-state index contributed by atoms with van der Waals surface area (Å²) < 4.78 is 7.36. The van der Waals surface area contributed by atoms with Gasteiger partial charge in [0.15, 0.2) is 11.5 Å². The lowest BCUT2D eigenvalue weighted by molar-refractivity contribution is 0.417. The summed E-state index contributed by atoms with van der Waals surface area (Å²) in [5, 5.41) is 10.00. The summed E-state index contributed by atoms with van der Waals surface area (Å²) in [4.78, 5) is 6.58. The van der Waals surface area contributed by atoms with Crippen LogP contribution in [0, 0.1) is 18.8 Å². The van der Waals surface area contributed by atoms with Crippen molar-refractivity contribution >= 4 is 34.5 Å². The monoisotopic (exact) mass is 484 g/mol. The minimum Gasteiger partial charge on any atom is -0.332 e. The van der Waals surface area contributed by atoms with Crippen LogP contribution in [0.5, 0.6) is 0 Å². The van der Waals surface area contributed by atoms with Gasteiger partial charge in [-0.1, -0.05) is 61.0 Å². The van der Waals surface area contributed by atoms with Crippen molar-refractivity contribution in [3.63, 3.8) is 0 Å². The van der Waals surface area contributed by atoms with E-state index in [0.29, 0.717) is 27.5 Å². The molecule has 0 saturated carbocycles. The molecule has 8 heteroatoms. The Kier molecular flexibility index (Phi) is 6.71. The minimum absolute atomic E-state index is 0.154. The standard InChI is InChI=1S/C24H22Cl2N4OS/c1-5-6-7-8-17-10-12-20(32-17)22-15(4)21(24-27-23(14(2)3)29-31-24)28-30(22)19-11-9-16(25)13-18(19)26/h9-14H,5-6H2,1-4H3. The molecule has 0 aliphatic carbocycles. The van der Waals surface area contributed by atoms with Gasteiger partial charge in [-0.3, -0.25) is 0 Å². The van der Waals surface area contributed by atoms with Gasteiger partial charge in [0.05, 0.1) is 26.2 Å². The lowest BCUT2D eigenvalue weighted by Gasteiger charge is -2.09. The number of benzene rings is 1. The Morgan fingerprint density at radius 3 is 2.69 bits per heavy atom. The number of thiophene rings is 1. The average Bonchev–Trinajstić information content (AvgIpc) is 3.47. The lowest BCUT2D eigenvalue weighted by atomic mass is 10.1. The smallest absolute Gasteiger partial charge is 0.278 e. The van der Waals surface area contributed by atoms with Crippen LogP contribution in [0.1, 0.15) is 55.8 Å². The molecule has 0 aliphatic heterocycles. The van der Waals surface area contributed by atoms with Crippen molar-refractivity contribution in [3.8, 4) is 39.7 Å². The number of halogens is 2. The van der Waals surface area contributed by atoms with E-state index >= 15 is 0 Å². The van der Waals surface area contributed by atoms with E-state index in [4.69, 9.17) is 32.8 Å². The SMILES string of the molecule is CCCC#Cc1ccc(-c2c(C)c(-c3nc(C(C)C)no3)nn2-c2ccc(Cl)cc2Cl)s1. The summed E-state index contributed by atoms with van der Waals surface area (Å²) in [5.41, 5.74) is 3.17. The molecule has 0 atom stereocenters. The molecular formula is C24H22Cl2N4OS. The first-order valence-electron chi connectivity index (χ1n) is 10.4. The van der Waals surface area contributed by atoms with Crippen LogP contribution >= 0.6 is 34.5 Å². The van der Waals surface area contributed by atoms with E-state index < -0.39 is 0 Å². The van der Waals surface area contributed by atoms with E-state index in [2.05, 4.69) is 35.0 Å². The number of nitrogens with zero attached hydrogens (tertiary/aromatic N) is 4. The molecular weight excluding hydrogens is 463 g/mol. The lowest BCUT2D eigenvalue weighted by Crippen LogP contribution is -2.00. The quantitative estimate of drug-likeness (QED) is 0.274. The fraction of sp³-hybridized carbons (Fsp3) is 0.292. The predicted molar refractivity (Wildman–Crippen MR) is 131 cm³/mol. The minimum atomic E-state index is 0.154. The Labute approximate surface area is 201 Å². The maximum absolute atomic E-state index is 6.55. The maximum Gasteiger partial charge on any atom is 0.278 e. The molecule has 0 bridgehead atoms. The molecule has 3 heterocycles. The van der Waals surface area contributed by atoms with Crippen LogP contribution in [-0.4, -0.2) is 19.9 Å². The first kappa shape index (κ1) is 22.6. The first-order chi connectivity index (χ1) is 15.4. The molecule has 4 aromatic rings. The molecule has 0 radical (unpaired) electrons. The van der Waals surface area contributed by atoms with Crippen LogP contribution in [0.3, 0.4) is 0 Å². The molecule has 164 valence electrons. The van der Waals surface area contributed by atoms with Gasteiger partial charge in [0.25, 0.3) is 5.89 Å². The maximum atomic E-state index is 6.55. The highest BCUT2D eigenvalue weighted by atomic mass is 35.5. The highest BCUT2D eigenvalue weighted by Gasteiger charge is 2.25. The second-order valence-corrected chi connectivity index (χ2v) is 9.59. The van der Waals surface area contributed by atoms with Crippen LogP contribution in [0.4, 0.5) is 0 Å². The van der Waals surface area contributed by atoms with Crippen molar-refractivity contribution in [2.45, 2.75) is 46.5 Å². The Morgan fingerprint density at radius 1 is 1.19 bits per heavy atom. The van der Waals surface area contributed by atoms with E-state index in [0.717, 1.165) is 39.5 Å². The van der Waals surface area contributed by atoms with Crippen LogP contribution in [0.2, 0.25) is 10.0 Å². The molecule has 0 unspecified atom stereocenters. The van der Waals surface area contributed by atoms with E-state index in [1.165, 1.54) is 0 Å². The highest BCUT2D eigenvalue weighted by Crippen LogP contribution is 2.38. The van der Waals surface area contributed by atoms with Crippen molar-refractivity contribution < 1.29 is 4.52 Å². The van der Waals surface area contributed by atoms with Crippen molar-refractivity contribution in [2.24, 2.45) is 0 Å². The molecule has 32 heavy (non-hydrogen) atoms. The van der Waals surface area contributed by atoms with Gasteiger partial charge in [0, 0.05) is 22.9 Å². The largest absolute Gasteiger partial charge is 0.332 e. The van der Waals surface area contributed by atoms with Crippen LogP contribution < -0.4 is 0 Å². The van der Waals surface area contributed by atoms with E-state index in [9.17, 15) is 0 Å². The van der Waals surface area contributed by atoms with Gasteiger partial charge in [0.2, 0.25) is 0 Å². The third-order valence-corrected chi connectivity index (χ3v) is 6.39. The summed E-state index contributed by atoms with van der Waals surface area (Å²) in [6.45, 7) is 8.16. The second kappa shape index (κ2) is 9.50. The Hall–Kier alpha value is -2.59. The van der Waals surface area contributed by atoms with Crippen LogP contribution in [0.25, 0.3) is 27.8 Å². The van der Waals surface area contributed by atoms with E-state index in [1.54, 1.807) is 23.5 Å². The molecule has 1 aromatic carbocycles. The molecule has 0 spiro atoms. The number of rotatable bonds is 5. The molecule has 0 fully saturated rings. The van der Waals surface area contributed by atoms with Crippen molar-refractivity contribution in [1.29, 1.82) is 0 Å². The topological polar surface area (TPSA) is 56.7 Å². The molecule has 4 rings (SSSR count). The highest BCUT2D eigenvalue weighted by molar-refractivity contribution is 7.16. The molecule has 3 aromatic heterocycles. The zero-order valence-corrected chi connectivity index (χ0v) is 20.6. The Balaban J connectivity index is 1.89. The van der Waals surface area contributed by atoms with Crippen molar-refractivity contribution in [3.05, 3.63) is 56.6 Å². The number of unbranched alkanes of at least 4 members (excludes halogenated alkanes) is 1. The Bertz CT molecular complexity index is 1320. The molecule has 0 N–H and O–H groups in total.